The lowest BCUT2D eigenvalue weighted by Gasteiger charge is -2.31. The van der Waals surface area contributed by atoms with Crippen LogP contribution in [0, 0.1) is 5.92 Å². The second-order valence-corrected chi connectivity index (χ2v) is 7.04. The lowest BCUT2D eigenvalue weighted by molar-refractivity contribution is -0.142. The molecule has 24 heavy (non-hydrogen) atoms. The van der Waals surface area contributed by atoms with Crippen LogP contribution in [0.25, 0.3) is 6.08 Å². The van der Waals surface area contributed by atoms with Crippen molar-refractivity contribution in [2.75, 3.05) is 26.7 Å². The molecule has 4 nitrogen and oxygen atoms in total. The van der Waals surface area contributed by atoms with Gasteiger partial charge in [-0.2, -0.15) is 0 Å². The topological polar surface area (TPSA) is 41.6 Å². The van der Waals surface area contributed by atoms with Gasteiger partial charge in [0.05, 0.1) is 13.7 Å². The van der Waals surface area contributed by atoms with Crippen LogP contribution in [0.5, 0.6) is 0 Å². The van der Waals surface area contributed by atoms with Gasteiger partial charge in [0.1, 0.15) is 0 Å². The number of methoxy groups -OCH3 is 1. The Kier molecular flexibility index (Phi) is 5.69. The maximum Gasteiger partial charge on any atom is 0.319 e. The van der Waals surface area contributed by atoms with Gasteiger partial charge >= 0.3 is 5.97 Å². The number of esters is 1. The van der Waals surface area contributed by atoms with E-state index in [9.17, 15) is 4.79 Å². The Labute approximate surface area is 144 Å². The van der Waals surface area contributed by atoms with Crippen molar-refractivity contribution in [2.45, 2.75) is 38.3 Å². The van der Waals surface area contributed by atoms with Crippen molar-refractivity contribution in [3.63, 3.8) is 0 Å². The number of nitrogens with one attached hydrogen (secondary N) is 1. The number of hydrogen-bond acceptors (Lipinski definition) is 4. The van der Waals surface area contributed by atoms with Crippen LogP contribution >= 0.6 is 0 Å². The molecule has 1 N–H and O–H groups in total. The molecule has 0 spiro atoms. The van der Waals surface area contributed by atoms with Gasteiger partial charge in [-0.1, -0.05) is 42.0 Å². The van der Waals surface area contributed by atoms with E-state index in [1.807, 2.05) is 0 Å². The maximum atomic E-state index is 11.3. The van der Waals surface area contributed by atoms with Gasteiger partial charge < -0.3 is 10.1 Å². The van der Waals surface area contributed by atoms with Crippen molar-refractivity contribution in [1.29, 1.82) is 0 Å². The molecular formula is C20H28N2O2. The second-order valence-electron chi connectivity index (χ2n) is 7.04. The number of carbonyl (C=O) groups excluding carboxylic acids is 1. The highest BCUT2D eigenvalue weighted by Gasteiger charge is 2.39. The molecule has 1 saturated heterocycles. The average molecular weight is 328 g/mol. The highest BCUT2D eigenvalue weighted by molar-refractivity contribution is 5.71. The maximum absolute atomic E-state index is 11.3. The fraction of sp³-hybridized carbons (Fsp3) is 0.550. The number of piperidine rings is 1. The Morgan fingerprint density at radius 1 is 1.29 bits per heavy atom. The molecule has 4 heteroatoms. The number of hydrogen-bond donors (Lipinski definition) is 1. The highest BCUT2D eigenvalue weighted by atomic mass is 16.5. The standard InChI is InChI=1S/C20H28N2O2/c1-15(12-16-6-4-3-5-7-16)18-13-19(18)21-17-8-10-22(11-9-17)14-20(23)24-2/h3-7,12,17-19,21H,8-11,13-14H2,1-2H3/b15-12+. The lowest BCUT2D eigenvalue weighted by Crippen LogP contribution is -2.45. The Morgan fingerprint density at radius 3 is 2.67 bits per heavy atom. The van der Waals surface area contributed by atoms with E-state index in [1.54, 1.807) is 0 Å². The first-order valence-electron chi connectivity index (χ1n) is 8.94. The van der Waals surface area contributed by atoms with Gasteiger partial charge in [0, 0.05) is 25.2 Å². The third-order valence-electron chi connectivity index (χ3n) is 5.19. The zero-order valence-corrected chi connectivity index (χ0v) is 14.7. The quantitative estimate of drug-likeness (QED) is 0.815. The highest BCUT2D eigenvalue weighted by Crippen LogP contribution is 2.38. The van der Waals surface area contributed by atoms with Crippen LogP contribution in [0.15, 0.2) is 35.9 Å². The van der Waals surface area contributed by atoms with Crippen molar-refractivity contribution in [1.82, 2.24) is 10.2 Å². The van der Waals surface area contributed by atoms with E-state index in [4.69, 9.17) is 4.74 Å². The summed E-state index contributed by atoms with van der Waals surface area (Å²) in [6, 6.07) is 11.8. The van der Waals surface area contributed by atoms with Crippen LogP contribution in [0.1, 0.15) is 31.7 Å². The van der Waals surface area contributed by atoms with Crippen LogP contribution < -0.4 is 5.32 Å². The van der Waals surface area contributed by atoms with E-state index in [0.29, 0.717) is 24.5 Å². The van der Waals surface area contributed by atoms with Crippen molar-refractivity contribution in [2.24, 2.45) is 5.92 Å². The summed E-state index contributed by atoms with van der Waals surface area (Å²) in [5.74, 6) is 0.545. The molecule has 2 fully saturated rings. The first-order chi connectivity index (χ1) is 11.7. The predicted molar refractivity (Wildman–Crippen MR) is 96.6 cm³/mol. The predicted octanol–water partition coefficient (Wildman–Crippen LogP) is 2.71. The summed E-state index contributed by atoms with van der Waals surface area (Å²) in [4.78, 5) is 13.5. The average Bonchev–Trinajstić information content (AvgIpc) is 3.37. The van der Waals surface area contributed by atoms with Gasteiger partial charge in [0.15, 0.2) is 0 Å². The van der Waals surface area contributed by atoms with Gasteiger partial charge in [-0.3, -0.25) is 9.69 Å². The Morgan fingerprint density at radius 2 is 2.00 bits per heavy atom. The molecule has 1 saturated carbocycles. The normalized spacial score (nSPS) is 25.5. The number of carbonyl (C=O) groups is 1. The summed E-state index contributed by atoms with van der Waals surface area (Å²) in [7, 11) is 1.45. The number of ether oxygens (including phenoxy) is 1. The molecule has 1 aromatic carbocycles. The minimum Gasteiger partial charge on any atom is -0.468 e. The third-order valence-corrected chi connectivity index (χ3v) is 5.19. The van der Waals surface area contributed by atoms with Crippen LogP contribution in [-0.2, 0) is 9.53 Å². The van der Waals surface area contributed by atoms with Gasteiger partial charge in [-0.15, -0.1) is 0 Å². The summed E-state index contributed by atoms with van der Waals surface area (Å²) in [5.41, 5.74) is 2.76. The first-order valence-corrected chi connectivity index (χ1v) is 8.94. The van der Waals surface area contributed by atoms with E-state index in [2.05, 4.69) is 53.5 Å². The zero-order chi connectivity index (χ0) is 16.9. The van der Waals surface area contributed by atoms with E-state index in [0.717, 1.165) is 25.9 Å². The van der Waals surface area contributed by atoms with Crippen molar-refractivity contribution >= 4 is 12.0 Å². The van der Waals surface area contributed by atoms with Gasteiger partial charge in [-0.05, 0) is 37.7 Å². The van der Waals surface area contributed by atoms with E-state index < -0.39 is 0 Å². The molecular weight excluding hydrogens is 300 g/mol. The Balaban J connectivity index is 1.41. The van der Waals surface area contributed by atoms with Crippen LogP contribution in [-0.4, -0.2) is 49.7 Å². The summed E-state index contributed by atoms with van der Waals surface area (Å²) in [6.45, 7) is 4.62. The number of benzene rings is 1. The summed E-state index contributed by atoms with van der Waals surface area (Å²) in [5, 5.41) is 3.81. The number of nitrogens with zero attached hydrogens (tertiary/aromatic N) is 1. The zero-order valence-electron chi connectivity index (χ0n) is 14.7. The smallest absolute Gasteiger partial charge is 0.319 e. The fourth-order valence-corrected chi connectivity index (χ4v) is 3.61. The summed E-state index contributed by atoms with van der Waals surface area (Å²) >= 11 is 0. The molecule has 1 aliphatic carbocycles. The lowest BCUT2D eigenvalue weighted by atomic mass is 10.0. The van der Waals surface area contributed by atoms with Crippen molar-refractivity contribution in [3.8, 4) is 0 Å². The molecule has 3 rings (SSSR count). The first kappa shape index (κ1) is 17.2. The molecule has 0 amide bonds. The Hall–Kier alpha value is -1.65. The van der Waals surface area contributed by atoms with Crippen molar-refractivity contribution < 1.29 is 9.53 Å². The van der Waals surface area contributed by atoms with Crippen molar-refractivity contribution in [3.05, 3.63) is 41.5 Å². The number of likely N-dealkylation sites (tertiary alicyclic amines) is 1. The van der Waals surface area contributed by atoms with E-state index >= 15 is 0 Å². The molecule has 130 valence electrons. The summed E-state index contributed by atoms with van der Waals surface area (Å²) < 4.78 is 4.74. The molecule has 0 radical (unpaired) electrons. The third kappa shape index (κ3) is 4.68. The van der Waals surface area contributed by atoms with Crippen LogP contribution in [0.2, 0.25) is 0 Å². The summed E-state index contributed by atoms with van der Waals surface area (Å²) in [6.07, 6.45) is 5.78. The fourth-order valence-electron chi connectivity index (χ4n) is 3.61. The molecule has 1 aliphatic heterocycles. The van der Waals surface area contributed by atoms with E-state index in [-0.39, 0.29) is 5.97 Å². The minimum atomic E-state index is -0.134. The molecule has 2 atom stereocenters. The molecule has 2 aliphatic rings. The molecule has 1 aromatic rings. The molecule has 1 heterocycles. The SMILES string of the molecule is COC(=O)CN1CCC(NC2CC2/C(C)=C/c2ccccc2)CC1. The van der Waals surface area contributed by atoms with Gasteiger partial charge in [0.2, 0.25) is 0 Å². The molecule has 0 bridgehead atoms. The van der Waals surface area contributed by atoms with E-state index in [1.165, 1.54) is 24.7 Å². The molecule has 2 unspecified atom stereocenters. The molecule has 0 aromatic heterocycles. The van der Waals surface area contributed by atoms with Crippen LogP contribution in [0.3, 0.4) is 0 Å². The van der Waals surface area contributed by atoms with Gasteiger partial charge in [-0.25, -0.2) is 0 Å². The monoisotopic (exact) mass is 328 g/mol. The number of rotatable bonds is 6. The Bertz CT molecular complexity index is 577. The largest absolute Gasteiger partial charge is 0.468 e. The second kappa shape index (κ2) is 7.95. The van der Waals surface area contributed by atoms with Crippen LogP contribution in [0.4, 0.5) is 0 Å². The van der Waals surface area contributed by atoms with Gasteiger partial charge in [0.25, 0.3) is 0 Å². The minimum absolute atomic E-state index is 0.134.